The second kappa shape index (κ2) is 7.76. The van der Waals surface area contributed by atoms with Crippen LogP contribution in [0.15, 0.2) is 49.1 Å². The number of hydrogen-bond donors (Lipinski definition) is 2. The number of nitrogens with one attached hydrogen (secondary N) is 2. The Morgan fingerprint density at radius 1 is 1.07 bits per heavy atom. The summed E-state index contributed by atoms with van der Waals surface area (Å²) in [7, 11) is 4.04. The van der Waals surface area contributed by atoms with E-state index in [9.17, 15) is 4.79 Å². The zero-order valence-corrected chi connectivity index (χ0v) is 16.5. The number of anilines is 1. The lowest BCUT2D eigenvalue weighted by Crippen LogP contribution is -2.13. The maximum absolute atomic E-state index is 12.7. The zero-order valence-electron chi connectivity index (χ0n) is 16.5. The van der Waals surface area contributed by atoms with E-state index in [1.807, 2.05) is 44.7 Å². The number of nitrogens with zero attached hydrogens (tertiary/aromatic N) is 5. The van der Waals surface area contributed by atoms with Crippen molar-refractivity contribution in [1.82, 2.24) is 30.0 Å². The first-order valence-corrected chi connectivity index (χ1v) is 9.17. The lowest BCUT2D eigenvalue weighted by atomic mass is 10.0. The largest absolute Gasteiger partial charge is 0.318 e. The molecule has 0 saturated heterocycles. The number of aromatic nitrogens is 5. The molecule has 3 aromatic heterocycles. The van der Waals surface area contributed by atoms with Crippen molar-refractivity contribution in [3.8, 4) is 11.1 Å². The molecular weight excluding hydrogens is 366 g/mol. The Morgan fingerprint density at radius 2 is 1.86 bits per heavy atom. The minimum Gasteiger partial charge on any atom is -0.318 e. The molecule has 146 valence electrons. The molecule has 1 amide bonds. The molecule has 4 aromatic rings. The highest BCUT2D eigenvalue weighted by atomic mass is 16.1. The van der Waals surface area contributed by atoms with Gasteiger partial charge in [-0.25, -0.2) is 9.97 Å². The van der Waals surface area contributed by atoms with E-state index in [4.69, 9.17) is 0 Å². The van der Waals surface area contributed by atoms with Crippen LogP contribution in [0.3, 0.4) is 0 Å². The van der Waals surface area contributed by atoms with Crippen LogP contribution in [0.2, 0.25) is 0 Å². The minimum absolute atomic E-state index is 0.319. The molecule has 0 aliphatic rings. The second-order valence-corrected chi connectivity index (χ2v) is 7.13. The molecule has 8 heteroatoms. The molecule has 0 saturated carbocycles. The summed E-state index contributed by atoms with van der Waals surface area (Å²) in [6.45, 7) is 2.60. The molecule has 0 spiro atoms. The van der Waals surface area contributed by atoms with E-state index in [1.165, 1.54) is 0 Å². The van der Waals surface area contributed by atoms with Crippen molar-refractivity contribution in [2.24, 2.45) is 0 Å². The summed E-state index contributed by atoms with van der Waals surface area (Å²) in [6, 6.07) is 7.97. The molecule has 3 heterocycles. The molecule has 1 aromatic carbocycles. The van der Waals surface area contributed by atoms with Crippen molar-refractivity contribution in [2.45, 2.75) is 13.5 Å². The van der Waals surface area contributed by atoms with Gasteiger partial charge < -0.3 is 10.2 Å². The topological polar surface area (TPSA) is 99.7 Å². The summed E-state index contributed by atoms with van der Waals surface area (Å²) in [5, 5.41) is 10.6. The number of carbonyl (C=O) groups excluding carboxylic acids is 1. The van der Waals surface area contributed by atoms with E-state index in [1.54, 1.807) is 19.3 Å². The summed E-state index contributed by atoms with van der Waals surface area (Å²) < 4.78 is 0. The van der Waals surface area contributed by atoms with Gasteiger partial charge in [-0.05, 0) is 50.3 Å². The predicted molar refractivity (Wildman–Crippen MR) is 111 cm³/mol. The van der Waals surface area contributed by atoms with Gasteiger partial charge in [-0.2, -0.15) is 5.10 Å². The number of rotatable bonds is 5. The van der Waals surface area contributed by atoms with Gasteiger partial charge in [-0.3, -0.25) is 14.9 Å². The van der Waals surface area contributed by atoms with Crippen LogP contribution in [0.25, 0.3) is 22.0 Å². The number of hydrogen-bond acceptors (Lipinski definition) is 6. The maximum atomic E-state index is 12.7. The molecule has 29 heavy (non-hydrogen) atoms. The number of aromatic amines is 1. The van der Waals surface area contributed by atoms with Crippen molar-refractivity contribution in [1.29, 1.82) is 0 Å². The van der Waals surface area contributed by atoms with Crippen molar-refractivity contribution < 1.29 is 4.79 Å². The third kappa shape index (κ3) is 4.12. The van der Waals surface area contributed by atoms with Crippen LogP contribution >= 0.6 is 0 Å². The number of benzene rings is 1. The fraction of sp³-hybridized carbons (Fsp3) is 0.190. The molecule has 0 unspecified atom stereocenters. The van der Waals surface area contributed by atoms with E-state index in [2.05, 4.69) is 41.4 Å². The Morgan fingerprint density at radius 3 is 2.62 bits per heavy atom. The third-order valence-corrected chi connectivity index (χ3v) is 4.44. The maximum Gasteiger partial charge on any atom is 0.276 e. The van der Waals surface area contributed by atoms with E-state index in [0.717, 1.165) is 34.1 Å². The third-order valence-electron chi connectivity index (χ3n) is 4.44. The highest BCUT2D eigenvalue weighted by Crippen LogP contribution is 2.26. The van der Waals surface area contributed by atoms with E-state index >= 15 is 0 Å². The Balaban J connectivity index is 1.66. The van der Waals surface area contributed by atoms with Crippen LogP contribution in [-0.2, 0) is 6.54 Å². The van der Waals surface area contributed by atoms with Gasteiger partial charge in [0.1, 0.15) is 5.82 Å². The molecule has 0 bridgehead atoms. The van der Waals surface area contributed by atoms with E-state index in [0.29, 0.717) is 17.2 Å². The SMILES string of the molecule is Cc1ncc(NC(=O)c2n[nH]c3ccc(-c4cncc(CN(C)C)c4)cc23)cn1. The first-order chi connectivity index (χ1) is 14.0. The molecular formula is C21H21N7O. The highest BCUT2D eigenvalue weighted by molar-refractivity contribution is 6.11. The number of H-pyrrole nitrogens is 1. The Kier molecular flexibility index (Phi) is 5.01. The molecule has 0 aliphatic carbocycles. The summed E-state index contributed by atoms with van der Waals surface area (Å²) >= 11 is 0. The first kappa shape index (κ1) is 18.7. The van der Waals surface area contributed by atoms with Gasteiger partial charge in [0, 0.05) is 29.9 Å². The fourth-order valence-electron chi connectivity index (χ4n) is 3.11. The predicted octanol–water partition coefficient (Wildman–Crippen LogP) is 3.04. The normalized spacial score (nSPS) is 11.2. The molecule has 0 radical (unpaired) electrons. The number of amides is 1. The summed E-state index contributed by atoms with van der Waals surface area (Å²) in [4.78, 5) is 27.4. The van der Waals surface area contributed by atoms with Gasteiger partial charge in [0.25, 0.3) is 5.91 Å². The van der Waals surface area contributed by atoms with Crippen LogP contribution in [0.4, 0.5) is 5.69 Å². The summed E-state index contributed by atoms with van der Waals surface area (Å²) in [6.07, 6.45) is 6.83. The number of carbonyl (C=O) groups is 1. The molecule has 8 nitrogen and oxygen atoms in total. The quantitative estimate of drug-likeness (QED) is 0.546. The van der Waals surface area contributed by atoms with E-state index in [-0.39, 0.29) is 5.91 Å². The van der Waals surface area contributed by atoms with E-state index < -0.39 is 0 Å². The average molecular weight is 387 g/mol. The Labute approximate surface area is 168 Å². The van der Waals surface area contributed by atoms with Gasteiger partial charge in [0.2, 0.25) is 0 Å². The Bertz CT molecular complexity index is 1170. The van der Waals surface area contributed by atoms with Crippen molar-refractivity contribution in [2.75, 3.05) is 19.4 Å². The monoisotopic (exact) mass is 387 g/mol. The van der Waals surface area contributed by atoms with Gasteiger partial charge in [0.05, 0.1) is 23.6 Å². The summed E-state index contributed by atoms with van der Waals surface area (Å²) in [5.74, 6) is 0.323. The van der Waals surface area contributed by atoms with Gasteiger partial charge >= 0.3 is 0 Å². The van der Waals surface area contributed by atoms with Crippen molar-refractivity contribution in [3.63, 3.8) is 0 Å². The summed E-state index contributed by atoms with van der Waals surface area (Å²) in [5.41, 5.74) is 4.72. The number of fused-ring (bicyclic) bond motifs is 1. The minimum atomic E-state index is -0.319. The van der Waals surface area contributed by atoms with Gasteiger partial charge in [0.15, 0.2) is 5.69 Å². The van der Waals surface area contributed by atoms with Crippen LogP contribution in [0, 0.1) is 6.92 Å². The molecule has 0 aliphatic heterocycles. The number of pyridine rings is 1. The van der Waals surface area contributed by atoms with Crippen molar-refractivity contribution in [3.05, 3.63) is 66.1 Å². The highest BCUT2D eigenvalue weighted by Gasteiger charge is 2.16. The molecule has 2 N–H and O–H groups in total. The lowest BCUT2D eigenvalue weighted by molar-refractivity contribution is 0.102. The molecule has 0 fully saturated rings. The molecule has 0 atom stereocenters. The van der Waals surface area contributed by atoms with Crippen LogP contribution in [0.1, 0.15) is 21.9 Å². The van der Waals surface area contributed by atoms with Crippen LogP contribution < -0.4 is 5.32 Å². The first-order valence-electron chi connectivity index (χ1n) is 9.17. The smallest absolute Gasteiger partial charge is 0.276 e. The molecule has 4 rings (SSSR count). The lowest BCUT2D eigenvalue weighted by Gasteiger charge is -2.10. The van der Waals surface area contributed by atoms with Crippen LogP contribution in [0.5, 0.6) is 0 Å². The average Bonchev–Trinajstić information content (AvgIpc) is 3.13. The van der Waals surface area contributed by atoms with Gasteiger partial charge in [-0.1, -0.05) is 6.07 Å². The zero-order chi connectivity index (χ0) is 20.4. The standard InChI is InChI=1S/C21H21N7O/c1-13-23-10-17(11-24-13)25-21(29)20-18-7-15(4-5-19(18)26-27-20)16-6-14(8-22-9-16)12-28(2)3/h4-11H,12H2,1-3H3,(H,25,29)(H,26,27). The van der Waals surface area contributed by atoms with Gasteiger partial charge in [-0.15, -0.1) is 0 Å². The fourth-order valence-corrected chi connectivity index (χ4v) is 3.11. The van der Waals surface area contributed by atoms with Crippen molar-refractivity contribution >= 4 is 22.5 Å². The second-order valence-electron chi connectivity index (χ2n) is 7.13. The van der Waals surface area contributed by atoms with Crippen LogP contribution in [-0.4, -0.2) is 50.1 Å². The Hall–Kier alpha value is -3.65. The number of aryl methyl sites for hydroxylation is 1.